The highest BCUT2D eigenvalue weighted by molar-refractivity contribution is 5.44. The predicted molar refractivity (Wildman–Crippen MR) is 59.2 cm³/mol. The lowest BCUT2D eigenvalue weighted by molar-refractivity contribution is 0.269. The van der Waals surface area contributed by atoms with Gasteiger partial charge in [0.1, 0.15) is 23.7 Å². The predicted octanol–water partition coefficient (Wildman–Crippen LogP) is 3.04. The van der Waals surface area contributed by atoms with Crippen LogP contribution < -0.4 is 4.74 Å². The number of para-hydroxylation sites is 1. The fraction of sp³-hybridized carbons (Fsp3) is 0.0833. The van der Waals surface area contributed by atoms with E-state index in [1.165, 1.54) is 0 Å². The molecule has 1 aromatic carbocycles. The monoisotopic (exact) mass is 215 g/mol. The van der Waals surface area contributed by atoms with Crippen LogP contribution in [0.15, 0.2) is 47.1 Å². The molecular formula is C12H9NO3. The van der Waals surface area contributed by atoms with Gasteiger partial charge >= 0.3 is 6.07 Å². The molecule has 0 N–H and O–H groups in total. The molecule has 2 aromatic rings. The fourth-order valence-electron chi connectivity index (χ4n) is 1.28. The van der Waals surface area contributed by atoms with Crippen LogP contribution in [0.1, 0.15) is 11.3 Å². The second kappa shape index (κ2) is 4.89. The summed E-state index contributed by atoms with van der Waals surface area (Å²) in [4.78, 5) is 0. The van der Waals surface area contributed by atoms with Crippen LogP contribution in [0.3, 0.4) is 0 Å². The summed E-state index contributed by atoms with van der Waals surface area (Å²) in [5.41, 5.74) is 0.532. The summed E-state index contributed by atoms with van der Waals surface area (Å²) in [6.07, 6.45) is 1.58. The van der Waals surface area contributed by atoms with Crippen LogP contribution in [0.4, 0.5) is 0 Å². The van der Waals surface area contributed by atoms with Crippen LogP contribution in [0.2, 0.25) is 0 Å². The van der Waals surface area contributed by atoms with Gasteiger partial charge in [-0.25, -0.2) is 0 Å². The summed E-state index contributed by atoms with van der Waals surface area (Å²) in [6, 6.07) is 13.0. The Kier molecular flexibility index (Phi) is 3.10. The van der Waals surface area contributed by atoms with Gasteiger partial charge in [-0.1, -0.05) is 12.1 Å². The second-order valence-corrected chi connectivity index (χ2v) is 3.07. The van der Waals surface area contributed by atoms with Crippen molar-refractivity contribution < 1.29 is 9.15 Å². The Hall–Kier alpha value is -2.41. The Labute approximate surface area is 92.5 Å². The molecule has 0 aliphatic heterocycles. The van der Waals surface area contributed by atoms with Gasteiger partial charge in [0, 0.05) is 5.01 Å². The molecule has 0 amide bonds. The second-order valence-electron chi connectivity index (χ2n) is 3.07. The first kappa shape index (κ1) is 10.1. The Bertz CT molecular complexity index is 509. The molecular weight excluding hydrogens is 206 g/mol. The quantitative estimate of drug-likeness (QED) is 0.739. The highest BCUT2D eigenvalue weighted by Gasteiger charge is 2.05. The van der Waals surface area contributed by atoms with Crippen molar-refractivity contribution in [2.45, 2.75) is 6.61 Å². The van der Waals surface area contributed by atoms with Crippen LogP contribution in [-0.2, 0) is 6.61 Å². The van der Waals surface area contributed by atoms with Crippen molar-refractivity contribution in [2.24, 2.45) is 0 Å². The lowest BCUT2D eigenvalue weighted by Crippen LogP contribution is -1.95. The van der Waals surface area contributed by atoms with Crippen LogP contribution in [0, 0.1) is 11.3 Å². The number of nitrogens with zero attached hydrogens (tertiary/aromatic N) is 1. The summed E-state index contributed by atoms with van der Waals surface area (Å²) in [5.74, 6) is 1.27. The zero-order valence-electron chi connectivity index (χ0n) is 8.42. The van der Waals surface area contributed by atoms with E-state index in [1.807, 2.05) is 12.1 Å². The first-order valence-corrected chi connectivity index (χ1v) is 4.73. The average molecular weight is 215 g/mol. The van der Waals surface area contributed by atoms with Crippen LogP contribution in [-0.4, -0.2) is 0 Å². The van der Waals surface area contributed by atoms with Crippen molar-refractivity contribution in [1.82, 2.24) is 0 Å². The lowest BCUT2D eigenvalue weighted by atomic mass is 10.2. The maximum Gasteiger partial charge on any atom is 0.340 e. The minimum Gasteiger partial charge on any atom is -0.498 e. The minimum atomic E-state index is 0.310. The van der Waals surface area contributed by atoms with Gasteiger partial charge in [0.05, 0.1) is 6.26 Å². The Morgan fingerprint density at radius 1 is 1.25 bits per heavy atom. The Morgan fingerprint density at radius 2 is 2.12 bits per heavy atom. The number of hydrogen-bond acceptors (Lipinski definition) is 3. The smallest absolute Gasteiger partial charge is 0.340 e. The van der Waals surface area contributed by atoms with E-state index in [2.05, 4.69) is 11.1 Å². The van der Waals surface area contributed by atoms with Crippen molar-refractivity contribution in [3.8, 4) is 11.8 Å². The minimum absolute atomic E-state index is 0.310. The standard InChI is InChI=1S/C12H9NO3/c14-13-8-10-4-1-2-6-12(10)16-9-11-5-3-7-15-11/h1-7H,9H2. The number of hydrogen-bond donors (Lipinski definition) is 0. The Balaban J connectivity index is 2.11. The molecule has 0 bridgehead atoms. The van der Waals surface area contributed by atoms with Gasteiger partial charge in [0.15, 0.2) is 0 Å². The third-order valence-electron chi connectivity index (χ3n) is 2.00. The first-order valence-electron chi connectivity index (χ1n) is 4.73. The first-order chi connectivity index (χ1) is 7.90. The van der Waals surface area contributed by atoms with Gasteiger partial charge in [-0.2, -0.15) is 0 Å². The fourth-order valence-corrected chi connectivity index (χ4v) is 1.28. The molecule has 80 valence electrons. The van der Waals surface area contributed by atoms with Crippen LogP contribution in [0.5, 0.6) is 5.75 Å². The molecule has 0 atom stereocenters. The van der Waals surface area contributed by atoms with E-state index in [-0.39, 0.29) is 0 Å². The molecule has 1 aromatic heterocycles. The van der Waals surface area contributed by atoms with Crippen molar-refractivity contribution in [2.75, 3.05) is 0 Å². The zero-order chi connectivity index (χ0) is 11.2. The maximum absolute atomic E-state index is 10.1. The lowest BCUT2D eigenvalue weighted by Gasteiger charge is -2.03. The van der Waals surface area contributed by atoms with Gasteiger partial charge in [-0.3, -0.25) is 0 Å². The highest BCUT2D eigenvalue weighted by Crippen LogP contribution is 2.18. The molecule has 2 rings (SSSR count). The van der Waals surface area contributed by atoms with E-state index in [1.54, 1.807) is 30.5 Å². The summed E-state index contributed by atoms with van der Waals surface area (Å²) in [7, 11) is 0. The summed E-state index contributed by atoms with van der Waals surface area (Å²) in [6.45, 7) is 0.310. The molecule has 1 heterocycles. The highest BCUT2D eigenvalue weighted by atomic mass is 16.5. The maximum atomic E-state index is 10.1. The van der Waals surface area contributed by atoms with E-state index in [9.17, 15) is 5.21 Å². The van der Waals surface area contributed by atoms with E-state index >= 15 is 0 Å². The number of benzene rings is 1. The van der Waals surface area contributed by atoms with E-state index in [0.29, 0.717) is 23.7 Å². The van der Waals surface area contributed by atoms with Crippen molar-refractivity contribution in [3.63, 3.8) is 0 Å². The average Bonchev–Trinajstić information content (AvgIpc) is 2.81. The van der Waals surface area contributed by atoms with Crippen LogP contribution in [0.25, 0.3) is 5.01 Å². The molecule has 0 spiro atoms. The van der Waals surface area contributed by atoms with E-state index < -0.39 is 0 Å². The molecule has 0 radical (unpaired) electrons. The summed E-state index contributed by atoms with van der Waals surface area (Å²) < 4.78 is 10.6. The topological polar surface area (TPSA) is 49.8 Å². The zero-order valence-corrected chi connectivity index (χ0v) is 8.42. The third kappa shape index (κ3) is 2.34. The molecule has 4 heteroatoms. The van der Waals surface area contributed by atoms with Gasteiger partial charge in [-0.15, -0.1) is 0 Å². The number of ether oxygens (including phenoxy) is 1. The Morgan fingerprint density at radius 3 is 2.88 bits per heavy atom. The molecule has 16 heavy (non-hydrogen) atoms. The van der Waals surface area contributed by atoms with Crippen molar-refractivity contribution in [1.29, 1.82) is 0 Å². The molecule has 0 fully saturated rings. The number of rotatable bonds is 3. The van der Waals surface area contributed by atoms with Gasteiger partial charge in [-0.05, 0) is 24.3 Å². The molecule has 0 aliphatic carbocycles. The van der Waals surface area contributed by atoms with Crippen molar-refractivity contribution >= 4 is 0 Å². The molecule has 4 nitrogen and oxygen atoms in total. The molecule has 0 saturated carbocycles. The summed E-state index contributed by atoms with van der Waals surface area (Å²) >= 11 is 0. The number of furan rings is 1. The normalized spacial score (nSPS) is 9.25. The van der Waals surface area contributed by atoms with Crippen molar-refractivity contribution in [3.05, 3.63) is 64.2 Å². The molecule has 0 aliphatic rings. The van der Waals surface area contributed by atoms with E-state index in [0.717, 1.165) is 0 Å². The summed E-state index contributed by atoms with van der Waals surface area (Å²) in [5, 5.41) is 12.7. The van der Waals surface area contributed by atoms with Gasteiger partial charge in [0.2, 0.25) is 0 Å². The van der Waals surface area contributed by atoms with Crippen LogP contribution >= 0.6 is 0 Å². The van der Waals surface area contributed by atoms with Gasteiger partial charge < -0.3 is 14.4 Å². The largest absolute Gasteiger partial charge is 0.498 e. The molecule has 0 saturated heterocycles. The van der Waals surface area contributed by atoms with Gasteiger partial charge in [0.25, 0.3) is 0 Å². The van der Waals surface area contributed by atoms with E-state index in [4.69, 9.17) is 9.15 Å². The SMILES string of the molecule is [O-][N+]#Cc1ccccc1OCc1ccco1. The third-order valence-corrected chi connectivity index (χ3v) is 2.00. The molecule has 0 unspecified atom stereocenters.